The molecule has 1 aromatic heterocycles. The Labute approximate surface area is 94.8 Å². The third-order valence-electron chi connectivity index (χ3n) is 1.91. The van der Waals surface area contributed by atoms with E-state index in [-0.39, 0.29) is 5.91 Å². The predicted octanol–water partition coefficient (Wildman–Crippen LogP) is 0.857. The third-order valence-corrected chi connectivity index (χ3v) is 1.91. The molecule has 0 aromatic carbocycles. The minimum absolute atomic E-state index is 0.156. The number of aromatic nitrogens is 1. The van der Waals surface area contributed by atoms with Crippen LogP contribution in [0.2, 0.25) is 0 Å². The van der Waals surface area contributed by atoms with Crippen molar-refractivity contribution in [1.29, 1.82) is 0 Å². The first-order chi connectivity index (χ1) is 7.77. The minimum Gasteiger partial charge on any atom is -0.475 e. The quantitative estimate of drug-likeness (QED) is 0.728. The van der Waals surface area contributed by atoms with Gasteiger partial charge < -0.3 is 14.8 Å². The fraction of sp³-hybridized carbons (Fsp3) is 0.455. The molecule has 0 atom stereocenters. The molecule has 5 heteroatoms. The zero-order valence-electron chi connectivity index (χ0n) is 9.53. The maximum absolute atomic E-state index is 11.3. The molecule has 0 radical (unpaired) electrons. The Hall–Kier alpha value is -1.62. The summed E-state index contributed by atoms with van der Waals surface area (Å²) in [5.74, 6) is 0.276. The fourth-order valence-corrected chi connectivity index (χ4v) is 1.12. The lowest BCUT2D eigenvalue weighted by atomic mass is 10.2. The smallest absolute Gasteiger partial charge is 0.251 e. The Morgan fingerprint density at radius 1 is 1.50 bits per heavy atom. The first-order valence-corrected chi connectivity index (χ1v) is 5.16. The highest BCUT2D eigenvalue weighted by Crippen LogP contribution is 2.08. The van der Waals surface area contributed by atoms with E-state index in [1.165, 1.54) is 0 Å². The highest BCUT2D eigenvalue weighted by atomic mass is 16.5. The van der Waals surface area contributed by atoms with Crippen LogP contribution < -0.4 is 10.1 Å². The zero-order valence-corrected chi connectivity index (χ0v) is 9.53. The van der Waals surface area contributed by atoms with E-state index < -0.39 is 0 Å². The van der Waals surface area contributed by atoms with Crippen molar-refractivity contribution in [2.24, 2.45) is 0 Å². The van der Waals surface area contributed by atoms with E-state index in [1.807, 2.05) is 6.92 Å². The summed E-state index contributed by atoms with van der Waals surface area (Å²) in [6, 6.07) is 3.24. The highest BCUT2D eigenvalue weighted by molar-refractivity contribution is 5.94. The number of rotatable bonds is 6. The van der Waals surface area contributed by atoms with Crippen LogP contribution in [0.25, 0.3) is 0 Å². The number of ether oxygens (including phenoxy) is 2. The topological polar surface area (TPSA) is 60.5 Å². The van der Waals surface area contributed by atoms with Gasteiger partial charge in [-0.3, -0.25) is 4.79 Å². The molecule has 0 unspecified atom stereocenters. The van der Waals surface area contributed by atoms with E-state index >= 15 is 0 Å². The maximum atomic E-state index is 11.3. The number of carbonyl (C=O) groups is 1. The van der Waals surface area contributed by atoms with Gasteiger partial charge in [0.15, 0.2) is 0 Å². The molecular weight excluding hydrogens is 208 g/mol. The van der Waals surface area contributed by atoms with Crippen molar-refractivity contribution >= 4 is 5.91 Å². The van der Waals surface area contributed by atoms with Gasteiger partial charge in [-0.2, -0.15) is 0 Å². The monoisotopic (exact) mass is 224 g/mol. The number of hydrogen-bond acceptors (Lipinski definition) is 4. The fourth-order valence-electron chi connectivity index (χ4n) is 1.12. The maximum Gasteiger partial charge on any atom is 0.251 e. The number of carbonyl (C=O) groups excluding carboxylic acids is 1. The van der Waals surface area contributed by atoms with E-state index in [4.69, 9.17) is 9.47 Å². The number of pyridine rings is 1. The van der Waals surface area contributed by atoms with E-state index in [0.29, 0.717) is 31.3 Å². The van der Waals surface area contributed by atoms with Crippen molar-refractivity contribution < 1.29 is 14.3 Å². The standard InChI is InChI=1S/C11H16N2O3/c1-3-15-6-7-16-10-8-9(4-5-13-10)11(14)12-2/h4-5,8H,3,6-7H2,1-2H3,(H,12,14). The summed E-state index contributed by atoms with van der Waals surface area (Å²) < 4.78 is 10.4. The van der Waals surface area contributed by atoms with E-state index in [2.05, 4.69) is 10.3 Å². The summed E-state index contributed by atoms with van der Waals surface area (Å²) in [6.45, 7) is 3.53. The van der Waals surface area contributed by atoms with Gasteiger partial charge in [-0.15, -0.1) is 0 Å². The van der Waals surface area contributed by atoms with Crippen molar-refractivity contribution in [3.63, 3.8) is 0 Å². The molecular formula is C11H16N2O3. The normalized spacial score (nSPS) is 9.88. The van der Waals surface area contributed by atoms with Crippen LogP contribution in [-0.2, 0) is 4.74 Å². The first kappa shape index (κ1) is 12.4. The van der Waals surface area contributed by atoms with Crippen molar-refractivity contribution in [3.8, 4) is 5.88 Å². The van der Waals surface area contributed by atoms with Crippen LogP contribution in [0.5, 0.6) is 5.88 Å². The van der Waals surface area contributed by atoms with Gasteiger partial charge in [-0.25, -0.2) is 4.98 Å². The molecule has 0 spiro atoms. The number of hydrogen-bond donors (Lipinski definition) is 1. The van der Waals surface area contributed by atoms with Crippen LogP contribution in [0.15, 0.2) is 18.3 Å². The Morgan fingerprint density at radius 2 is 2.31 bits per heavy atom. The molecule has 88 valence electrons. The van der Waals surface area contributed by atoms with E-state index in [9.17, 15) is 4.79 Å². The molecule has 0 aliphatic rings. The predicted molar refractivity (Wildman–Crippen MR) is 59.6 cm³/mol. The van der Waals surface area contributed by atoms with E-state index in [1.54, 1.807) is 25.4 Å². The average molecular weight is 224 g/mol. The highest BCUT2D eigenvalue weighted by Gasteiger charge is 2.04. The Balaban J connectivity index is 2.50. The second kappa shape index (κ2) is 6.79. The van der Waals surface area contributed by atoms with Gasteiger partial charge in [0.1, 0.15) is 6.61 Å². The molecule has 5 nitrogen and oxygen atoms in total. The van der Waals surface area contributed by atoms with Crippen LogP contribution in [0.4, 0.5) is 0 Å². The van der Waals surface area contributed by atoms with Crippen molar-refractivity contribution in [3.05, 3.63) is 23.9 Å². The van der Waals surface area contributed by atoms with Crippen molar-refractivity contribution in [2.45, 2.75) is 6.92 Å². The summed E-state index contributed by atoms with van der Waals surface area (Å²) in [6.07, 6.45) is 1.54. The van der Waals surface area contributed by atoms with Crippen molar-refractivity contribution in [2.75, 3.05) is 26.9 Å². The van der Waals surface area contributed by atoms with Gasteiger partial charge in [0.2, 0.25) is 5.88 Å². The van der Waals surface area contributed by atoms with Crippen LogP contribution in [0.3, 0.4) is 0 Å². The number of amides is 1. The largest absolute Gasteiger partial charge is 0.475 e. The Bertz CT molecular complexity index is 342. The average Bonchev–Trinajstić information content (AvgIpc) is 2.34. The SMILES string of the molecule is CCOCCOc1cc(C(=O)NC)ccn1. The summed E-state index contributed by atoms with van der Waals surface area (Å²) in [4.78, 5) is 15.3. The molecule has 1 amide bonds. The minimum atomic E-state index is -0.156. The summed E-state index contributed by atoms with van der Waals surface area (Å²) >= 11 is 0. The third kappa shape index (κ3) is 3.86. The van der Waals surface area contributed by atoms with Crippen LogP contribution in [-0.4, -0.2) is 37.8 Å². The van der Waals surface area contributed by atoms with Gasteiger partial charge >= 0.3 is 0 Å². The molecule has 16 heavy (non-hydrogen) atoms. The van der Waals surface area contributed by atoms with Gasteiger partial charge in [0.05, 0.1) is 6.61 Å². The molecule has 0 saturated heterocycles. The van der Waals surface area contributed by atoms with Crippen molar-refractivity contribution in [1.82, 2.24) is 10.3 Å². The van der Waals surface area contributed by atoms with Crippen LogP contribution >= 0.6 is 0 Å². The number of nitrogens with one attached hydrogen (secondary N) is 1. The van der Waals surface area contributed by atoms with Crippen LogP contribution in [0, 0.1) is 0 Å². The Morgan fingerprint density at radius 3 is 3.00 bits per heavy atom. The van der Waals surface area contributed by atoms with Gasteiger partial charge in [0, 0.05) is 31.5 Å². The number of nitrogens with zero attached hydrogens (tertiary/aromatic N) is 1. The second-order valence-electron chi connectivity index (χ2n) is 3.01. The van der Waals surface area contributed by atoms with Gasteiger partial charge in [-0.1, -0.05) is 0 Å². The Kier molecular flexibility index (Phi) is 5.28. The summed E-state index contributed by atoms with van der Waals surface area (Å²) in [5, 5.41) is 2.54. The lowest BCUT2D eigenvalue weighted by molar-refractivity contribution is 0.0961. The molecule has 0 bridgehead atoms. The molecule has 0 aliphatic carbocycles. The summed E-state index contributed by atoms with van der Waals surface area (Å²) in [7, 11) is 1.58. The van der Waals surface area contributed by atoms with E-state index in [0.717, 1.165) is 0 Å². The summed E-state index contributed by atoms with van der Waals surface area (Å²) in [5.41, 5.74) is 0.531. The van der Waals surface area contributed by atoms with Gasteiger partial charge in [-0.05, 0) is 13.0 Å². The molecule has 1 rings (SSSR count). The molecule has 0 aliphatic heterocycles. The lowest BCUT2D eigenvalue weighted by Crippen LogP contribution is -2.18. The molecule has 1 N–H and O–H groups in total. The van der Waals surface area contributed by atoms with Crippen LogP contribution in [0.1, 0.15) is 17.3 Å². The first-order valence-electron chi connectivity index (χ1n) is 5.16. The molecule has 1 heterocycles. The molecule has 1 aromatic rings. The second-order valence-corrected chi connectivity index (χ2v) is 3.01. The molecule has 0 saturated carbocycles. The van der Waals surface area contributed by atoms with Gasteiger partial charge in [0.25, 0.3) is 5.91 Å². The molecule has 0 fully saturated rings. The zero-order chi connectivity index (χ0) is 11.8. The lowest BCUT2D eigenvalue weighted by Gasteiger charge is -2.06.